The largest absolute Gasteiger partial charge is 0.496 e. The third-order valence-electron chi connectivity index (χ3n) is 3.29. The van der Waals surface area contributed by atoms with Crippen LogP contribution in [0.2, 0.25) is 5.02 Å². The predicted molar refractivity (Wildman–Crippen MR) is 88.3 cm³/mol. The minimum atomic E-state index is -0.301. The first kappa shape index (κ1) is 15.9. The third-order valence-corrected chi connectivity index (χ3v) is 3.52. The van der Waals surface area contributed by atoms with Gasteiger partial charge in [-0.15, -0.1) is 5.10 Å². The topological polar surface area (TPSA) is 81.9 Å². The Morgan fingerprint density at radius 1 is 1.38 bits per heavy atom. The second kappa shape index (κ2) is 7.10. The van der Waals surface area contributed by atoms with Crippen LogP contribution in [-0.2, 0) is 6.54 Å². The summed E-state index contributed by atoms with van der Waals surface area (Å²) in [5, 5.41) is 11.3. The first-order valence-corrected chi connectivity index (χ1v) is 7.48. The second-order valence-electron chi connectivity index (χ2n) is 4.89. The average Bonchev–Trinajstić information content (AvgIpc) is 3.09. The molecule has 0 fully saturated rings. The summed E-state index contributed by atoms with van der Waals surface area (Å²) >= 11 is 5.94. The van der Waals surface area contributed by atoms with E-state index in [4.69, 9.17) is 16.3 Å². The molecule has 8 heteroatoms. The summed E-state index contributed by atoms with van der Waals surface area (Å²) in [6.45, 7) is 0.231. The first-order valence-electron chi connectivity index (χ1n) is 7.11. The molecule has 0 saturated heterocycles. The molecule has 0 aliphatic carbocycles. The Morgan fingerprint density at radius 2 is 2.25 bits per heavy atom. The lowest BCUT2D eigenvalue weighted by atomic mass is 10.2. The summed E-state index contributed by atoms with van der Waals surface area (Å²) in [4.78, 5) is 16.3. The highest BCUT2D eigenvalue weighted by Gasteiger charge is 2.13. The molecule has 1 N–H and O–H groups in total. The molecule has 0 radical (unpaired) electrons. The van der Waals surface area contributed by atoms with Gasteiger partial charge in [0.2, 0.25) is 0 Å². The van der Waals surface area contributed by atoms with E-state index in [0.717, 1.165) is 5.69 Å². The monoisotopic (exact) mass is 343 g/mol. The molecule has 2 heterocycles. The van der Waals surface area contributed by atoms with E-state index in [1.54, 1.807) is 41.5 Å². The van der Waals surface area contributed by atoms with E-state index in [-0.39, 0.29) is 12.5 Å². The molecule has 122 valence electrons. The van der Waals surface area contributed by atoms with Crippen LogP contribution in [0.5, 0.6) is 5.75 Å². The van der Waals surface area contributed by atoms with E-state index < -0.39 is 0 Å². The molecule has 0 spiro atoms. The number of nitrogens with one attached hydrogen (secondary N) is 1. The maximum atomic E-state index is 12.3. The molecule has 0 aliphatic heterocycles. The Hall–Kier alpha value is -2.93. The number of pyridine rings is 1. The normalized spacial score (nSPS) is 10.4. The molecule has 0 atom stereocenters. The molecule has 24 heavy (non-hydrogen) atoms. The quantitative estimate of drug-likeness (QED) is 0.768. The second-order valence-corrected chi connectivity index (χ2v) is 5.33. The Kier molecular flexibility index (Phi) is 4.72. The molecule has 0 saturated carbocycles. The molecule has 0 bridgehead atoms. The van der Waals surface area contributed by atoms with Crippen molar-refractivity contribution in [2.24, 2.45) is 0 Å². The number of rotatable bonds is 5. The SMILES string of the molecule is COc1ccc(Cl)cc1C(=O)NCc1cn(-c2cccnc2)nn1. The minimum Gasteiger partial charge on any atom is -0.496 e. The molecule has 0 unspecified atom stereocenters. The standard InChI is InChI=1S/C16H14ClN5O2/c1-24-15-5-4-11(17)7-14(15)16(23)19-8-12-10-22(21-20-12)13-3-2-6-18-9-13/h2-7,9-10H,8H2,1H3,(H,19,23). The number of amides is 1. The van der Waals surface area contributed by atoms with Crippen LogP contribution in [0.4, 0.5) is 0 Å². The van der Waals surface area contributed by atoms with Crippen molar-refractivity contribution < 1.29 is 9.53 Å². The highest BCUT2D eigenvalue weighted by atomic mass is 35.5. The van der Waals surface area contributed by atoms with Gasteiger partial charge in [0.15, 0.2) is 0 Å². The van der Waals surface area contributed by atoms with Crippen molar-refractivity contribution >= 4 is 17.5 Å². The lowest BCUT2D eigenvalue weighted by Gasteiger charge is -2.08. The van der Waals surface area contributed by atoms with Crippen LogP contribution in [0.15, 0.2) is 48.9 Å². The van der Waals surface area contributed by atoms with E-state index in [0.29, 0.717) is 22.0 Å². The van der Waals surface area contributed by atoms with Gasteiger partial charge in [0.05, 0.1) is 37.3 Å². The number of ether oxygens (including phenoxy) is 1. The van der Waals surface area contributed by atoms with Gasteiger partial charge >= 0.3 is 0 Å². The van der Waals surface area contributed by atoms with Gasteiger partial charge in [-0.1, -0.05) is 16.8 Å². The van der Waals surface area contributed by atoms with Crippen LogP contribution >= 0.6 is 11.6 Å². The zero-order chi connectivity index (χ0) is 16.9. The number of halogens is 1. The number of nitrogens with zero attached hydrogens (tertiary/aromatic N) is 4. The smallest absolute Gasteiger partial charge is 0.255 e. The van der Waals surface area contributed by atoms with Crippen molar-refractivity contribution in [1.82, 2.24) is 25.3 Å². The zero-order valence-corrected chi connectivity index (χ0v) is 13.6. The molecule has 3 rings (SSSR count). The number of benzene rings is 1. The van der Waals surface area contributed by atoms with E-state index in [9.17, 15) is 4.79 Å². The summed E-state index contributed by atoms with van der Waals surface area (Å²) in [6, 6.07) is 8.54. The average molecular weight is 344 g/mol. The molecule has 7 nitrogen and oxygen atoms in total. The molecular weight excluding hydrogens is 330 g/mol. The van der Waals surface area contributed by atoms with Crippen LogP contribution < -0.4 is 10.1 Å². The van der Waals surface area contributed by atoms with Gasteiger partial charge in [-0.2, -0.15) is 0 Å². The van der Waals surface area contributed by atoms with E-state index in [1.807, 2.05) is 12.1 Å². The molecule has 0 aliphatic rings. The number of carbonyl (C=O) groups is 1. The highest BCUT2D eigenvalue weighted by Crippen LogP contribution is 2.22. The van der Waals surface area contributed by atoms with Crippen molar-refractivity contribution in [3.63, 3.8) is 0 Å². The van der Waals surface area contributed by atoms with Gasteiger partial charge in [0, 0.05) is 11.2 Å². The fourth-order valence-corrected chi connectivity index (χ4v) is 2.29. The molecule has 2 aromatic heterocycles. The zero-order valence-electron chi connectivity index (χ0n) is 12.8. The number of aromatic nitrogens is 4. The van der Waals surface area contributed by atoms with Crippen molar-refractivity contribution in [2.75, 3.05) is 7.11 Å². The third kappa shape index (κ3) is 3.52. The van der Waals surface area contributed by atoms with Crippen molar-refractivity contribution in [1.29, 1.82) is 0 Å². The fraction of sp³-hybridized carbons (Fsp3) is 0.125. The molecular formula is C16H14ClN5O2. The fourth-order valence-electron chi connectivity index (χ4n) is 2.12. The maximum Gasteiger partial charge on any atom is 0.255 e. The van der Waals surface area contributed by atoms with Crippen LogP contribution in [0.3, 0.4) is 0 Å². The lowest BCUT2D eigenvalue weighted by molar-refractivity contribution is 0.0947. The Balaban J connectivity index is 1.69. The Bertz CT molecular complexity index is 851. The van der Waals surface area contributed by atoms with E-state index in [2.05, 4.69) is 20.6 Å². The van der Waals surface area contributed by atoms with Crippen LogP contribution in [0, 0.1) is 0 Å². The molecule has 1 amide bonds. The summed E-state index contributed by atoms with van der Waals surface area (Å²) in [5.41, 5.74) is 1.77. The van der Waals surface area contributed by atoms with E-state index in [1.165, 1.54) is 7.11 Å². The van der Waals surface area contributed by atoms with E-state index >= 15 is 0 Å². The molecule has 1 aromatic carbocycles. The lowest BCUT2D eigenvalue weighted by Crippen LogP contribution is -2.23. The van der Waals surface area contributed by atoms with Gasteiger partial charge in [0.1, 0.15) is 11.4 Å². The van der Waals surface area contributed by atoms with Crippen molar-refractivity contribution in [3.05, 3.63) is 65.2 Å². The van der Waals surface area contributed by atoms with Crippen LogP contribution in [-0.4, -0.2) is 33.0 Å². The minimum absolute atomic E-state index is 0.231. The summed E-state index contributed by atoms with van der Waals surface area (Å²) in [7, 11) is 1.50. The van der Waals surface area contributed by atoms with Gasteiger partial charge < -0.3 is 10.1 Å². The molecule has 3 aromatic rings. The van der Waals surface area contributed by atoms with Crippen molar-refractivity contribution in [2.45, 2.75) is 6.54 Å². The summed E-state index contributed by atoms with van der Waals surface area (Å²) < 4.78 is 6.77. The first-order chi connectivity index (χ1) is 11.7. The van der Waals surface area contributed by atoms with Crippen LogP contribution in [0.1, 0.15) is 16.1 Å². The van der Waals surface area contributed by atoms with Gasteiger partial charge in [-0.05, 0) is 30.3 Å². The number of hydrogen-bond donors (Lipinski definition) is 1. The number of hydrogen-bond acceptors (Lipinski definition) is 5. The Labute approximate surface area is 143 Å². The maximum absolute atomic E-state index is 12.3. The number of carbonyl (C=O) groups excluding carboxylic acids is 1. The van der Waals surface area contributed by atoms with Crippen LogP contribution in [0.25, 0.3) is 5.69 Å². The predicted octanol–water partition coefficient (Wildman–Crippen LogP) is 2.25. The van der Waals surface area contributed by atoms with Gasteiger partial charge in [-0.25, -0.2) is 4.68 Å². The summed E-state index contributed by atoms with van der Waals surface area (Å²) in [5.74, 6) is 0.154. The number of methoxy groups -OCH3 is 1. The van der Waals surface area contributed by atoms with Gasteiger partial charge in [-0.3, -0.25) is 9.78 Å². The van der Waals surface area contributed by atoms with Crippen molar-refractivity contribution in [3.8, 4) is 11.4 Å². The summed E-state index contributed by atoms with van der Waals surface area (Å²) in [6.07, 6.45) is 5.08. The van der Waals surface area contributed by atoms with Gasteiger partial charge in [0.25, 0.3) is 5.91 Å². The Morgan fingerprint density at radius 3 is 3.00 bits per heavy atom. The highest BCUT2D eigenvalue weighted by molar-refractivity contribution is 6.31.